The van der Waals surface area contributed by atoms with Crippen molar-refractivity contribution in [3.05, 3.63) is 29.3 Å². The summed E-state index contributed by atoms with van der Waals surface area (Å²) in [4.78, 5) is 25.3. The van der Waals surface area contributed by atoms with Crippen LogP contribution in [-0.2, 0) is 9.53 Å². The molecule has 0 saturated carbocycles. The maximum Gasteiger partial charge on any atom is 0.337 e. The number of anilines is 1. The zero-order chi connectivity index (χ0) is 15.4. The summed E-state index contributed by atoms with van der Waals surface area (Å²) >= 11 is 0. The molecule has 1 fully saturated rings. The summed E-state index contributed by atoms with van der Waals surface area (Å²) in [5, 5.41) is 12.2. The lowest BCUT2D eigenvalue weighted by atomic mass is 10.1. The molecule has 6 nitrogen and oxygen atoms in total. The molecule has 1 aromatic carbocycles. The molecule has 0 radical (unpaired) electrons. The predicted molar refractivity (Wildman–Crippen MR) is 78.6 cm³/mol. The minimum Gasteiger partial charge on any atom is -0.478 e. The number of carbonyl (C=O) groups is 2. The SMILES string of the molecule is Cc1ccc(C(=O)O)c(NC(C)C(=O)N2CCOCC2)c1. The number of carboxylic acid groups (broad SMARTS) is 1. The number of aromatic carboxylic acids is 1. The van der Waals surface area contributed by atoms with E-state index in [2.05, 4.69) is 5.32 Å². The first kappa shape index (κ1) is 15.3. The Morgan fingerprint density at radius 1 is 1.33 bits per heavy atom. The molecule has 114 valence electrons. The second kappa shape index (κ2) is 6.58. The molecular weight excluding hydrogens is 272 g/mol. The van der Waals surface area contributed by atoms with E-state index in [1.807, 2.05) is 6.92 Å². The number of rotatable bonds is 4. The van der Waals surface area contributed by atoms with Crippen LogP contribution < -0.4 is 5.32 Å². The zero-order valence-corrected chi connectivity index (χ0v) is 12.3. The first-order valence-corrected chi connectivity index (χ1v) is 6.96. The van der Waals surface area contributed by atoms with E-state index in [1.165, 1.54) is 0 Å². The van der Waals surface area contributed by atoms with Crippen molar-refractivity contribution >= 4 is 17.6 Å². The van der Waals surface area contributed by atoms with Crippen LogP contribution in [0.3, 0.4) is 0 Å². The number of benzene rings is 1. The highest BCUT2D eigenvalue weighted by molar-refractivity contribution is 5.95. The normalized spacial score (nSPS) is 16.4. The van der Waals surface area contributed by atoms with Crippen LogP contribution in [0.15, 0.2) is 18.2 Å². The minimum atomic E-state index is -1.01. The van der Waals surface area contributed by atoms with Gasteiger partial charge in [-0.3, -0.25) is 4.79 Å². The average Bonchev–Trinajstić information content (AvgIpc) is 2.47. The van der Waals surface area contributed by atoms with E-state index in [0.717, 1.165) is 5.56 Å². The molecule has 1 unspecified atom stereocenters. The van der Waals surface area contributed by atoms with E-state index in [9.17, 15) is 14.7 Å². The Labute approximate surface area is 123 Å². The van der Waals surface area contributed by atoms with Crippen molar-refractivity contribution < 1.29 is 19.4 Å². The quantitative estimate of drug-likeness (QED) is 0.876. The Kier molecular flexibility index (Phi) is 4.80. The standard InChI is InChI=1S/C15H20N2O4/c1-10-3-4-12(15(19)20)13(9-10)16-11(2)14(18)17-5-7-21-8-6-17/h3-4,9,11,16H,5-8H2,1-2H3,(H,19,20). The lowest BCUT2D eigenvalue weighted by Gasteiger charge is -2.30. The van der Waals surface area contributed by atoms with Crippen molar-refractivity contribution in [3.63, 3.8) is 0 Å². The summed E-state index contributed by atoms with van der Waals surface area (Å²) in [6.07, 6.45) is 0. The maximum atomic E-state index is 12.3. The van der Waals surface area contributed by atoms with Crippen LogP contribution in [0.5, 0.6) is 0 Å². The second-order valence-corrected chi connectivity index (χ2v) is 5.16. The molecule has 0 spiro atoms. The van der Waals surface area contributed by atoms with E-state index in [1.54, 1.807) is 30.0 Å². The fourth-order valence-electron chi connectivity index (χ4n) is 2.32. The van der Waals surface area contributed by atoms with Gasteiger partial charge in [-0.15, -0.1) is 0 Å². The average molecular weight is 292 g/mol. The lowest BCUT2D eigenvalue weighted by molar-refractivity contribution is -0.135. The number of carboxylic acids is 1. The van der Waals surface area contributed by atoms with Crippen LogP contribution in [0, 0.1) is 6.92 Å². The predicted octanol–water partition coefficient (Wildman–Crippen LogP) is 1.35. The molecule has 2 rings (SSSR count). The number of hydrogen-bond donors (Lipinski definition) is 2. The molecule has 6 heteroatoms. The third kappa shape index (κ3) is 3.72. The van der Waals surface area contributed by atoms with Crippen molar-refractivity contribution in [2.75, 3.05) is 31.6 Å². The summed E-state index contributed by atoms with van der Waals surface area (Å²) < 4.78 is 5.22. The van der Waals surface area contributed by atoms with Crippen LogP contribution in [-0.4, -0.2) is 54.2 Å². The van der Waals surface area contributed by atoms with Gasteiger partial charge in [0.1, 0.15) is 6.04 Å². The number of hydrogen-bond acceptors (Lipinski definition) is 4. The van der Waals surface area contributed by atoms with Crippen LogP contribution >= 0.6 is 0 Å². The summed E-state index contributed by atoms with van der Waals surface area (Å²) in [5.41, 5.74) is 1.58. The van der Waals surface area contributed by atoms with E-state index < -0.39 is 12.0 Å². The van der Waals surface area contributed by atoms with E-state index in [0.29, 0.717) is 32.0 Å². The first-order chi connectivity index (χ1) is 9.99. The summed E-state index contributed by atoms with van der Waals surface area (Å²) in [6, 6.07) is 4.55. The van der Waals surface area contributed by atoms with Gasteiger partial charge in [-0.1, -0.05) is 6.07 Å². The van der Waals surface area contributed by atoms with Crippen LogP contribution in [0.4, 0.5) is 5.69 Å². The van der Waals surface area contributed by atoms with Crippen LogP contribution in [0.2, 0.25) is 0 Å². The molecular formula is C15H20N2O4. The van der Waals surface area contributed by atoms with Gasteiger partial charge in [0.2, 0.25) is 5.91 Å². The van der Waals surface area contributed by atoms with Crippen molar-refractivity contribution in [3.8, 4) is 0 Å². The smallest absolute Gasteiger partial charge is 0.337 e. The molecule has 1 aliphatic rings. The molecule has 1 aliphatic heterocycles. The maximum absolute atomic E-state index is 12.3. The monoisotopic (exact) mass is 292 g/mol. The molecule has 0 aromatic heterocycles. The Hall–Kier alpha value is -2.08. The van der Waals surface area contributed by atoms with Gasteiger partial charge in [-0.2, -0.15) is 0 Å². The van der Waals surface area contributed by atoms with Crippen molar-refractivity contribution in [1.29, 1.82) is 0 Å². The molecule has 1 heterocycles. The van der Waals surface area contributed by atoms with Gasteiger partial charge in [0.15, 0.2) is 0 Å². The molecule has 1 saturated heterocycles. The molecule has 1 aromatic rings. The zero-order valence-electron chi connectivity index (χ0n) is 12.3. The van der Waals surface area contributed by atoms with Gasteiger partial charge in [0, 0.05) is 18.8 Å². The van der Waals surface area contributed by atoms with Crippen molar-refractivity contribution in [2.45, 2.75) is 19.9 Å². The number of aryl methyl sites for hydroxylation is 1. The Balaban J connectivity index is 2.11. The minimum absolute atomic E-state index is 0.0452. The molecule has 1 atom stereocenters. The van der Waals surface area contributed by atoms with Crippen molar-refractivity contribution in [1.82, 2.24) is 4.90 Å². The topological polar surface area (TPSA) is 78.9 Å². The van der Waals surface area contributed by atoms with E-state index in [4.69, 9.17) is 4.74 Å². The Morgan fingerprint density at radius 2 is 2.00 bits per heavy atom. The third-order valence-corrected chi connectivity index (χ3v) is 3.47. The van der Waals surface area contributed by atoms with Gasteiger partial charge in [0.05, 0.1) is 18.8 Å². The molecule has 21 heavy (non-hydrogen) atoms. The number of nitrogens with zero attached hydrogens (tertiary/aromatic N) is 1. The number of ether oxygens (including phenoxy) is 1. The Bertz CT molecular complexity index is 538. The number of morpholine rings is 1. The molecule has 0 aliphatic carbocycles. The van der Waals surface area contributed by atoms with Gasteiger partial charge in [-0.25, -0.2) is 4.79 Å². The molecule has 0 bridgehead atoms. The summed E-state index contributed by atoms with van der Waals surface area (Å²) in [6.45, 7) is 5.86. The first-order valence-electron chi connectivity index (χ1n) is 6.96. The fourth-order valence-corrected chi connectivity index (χ4v) is 2.32. The summed E-state index contributed by atoms with van der Waals surface area (Å²) in [7, 11) is 0. The van der Waals surface area contributed by atoms with E-state index >= 15 is 0 Å². The largest absolute Gasteiger partial charge is 0.478 e. The fraction of sp³-hybridized carbons (Fsp3) is 0.467. The van der Waals surface area contributed by atoms with Crippen molar-refractivity contribution in [2.24, 2.45) is 0 Å². The molecule has 2 N–H and O–H groups in total. The second-order valence-electron chi connectivity index (χ2n) is 5.16. The van der Waals surface area contributed by atoms with Gasteiger partial charge in [-0.05, 0) is 31.5 Å². The third-order valence-electron chi connectivity index (χ3n) is 3.47. The van der Waals surface area contributed by atoms with Crippen LogP contribution in [0.1, 0.15) is 22.8 Å². The number of carbonyl (C=O) groups excluding carboxylic acids is 1. The van der Waals surface area contributed by atoms with E-state index in [-0.39, 0.29) is 11.5 Å². The molecule has 1 amide bonds. The highest BCUT2D eigenvalue weighted by Crippen LogP contribution is 2.19. The summed E-state index contributed by atoms with van der Waals surface area (Å²) in [5.74, 6) is -1.06. The van der Waals surface area contributed by atoms with Gasteiger partial charge < -0.3 is 20.1 Å². The number of nitrogens with one attached hydrogen (secondary N) is 1. The highest BCUT2D eigenvalue weighted by Gasteiger charge is 2.23. The van der Waals surface area contributed by atoms with Gasteiger partial charge in [0.25, 0.3) is 0 Å². The lowest BCUT2D eigenvalue weighted by Crippen LogP contribution is -2.47. The van der Waals surface area contributed by atoms with Crippen LogP contribution in [0.25, 0.3) is 0 Å². The Morgan fingerprint density at radius 3 is 2.62 bits per heavy atom. The van der Waals surface area contributed by atoms with Gasteiger partial charge >= 0.3 is 5.97 Å². The highest BCUT2D eigenvalue weighted by atomic mass is 16.5. The number of amides is 1.